The molecule has 0 radical (unpaired) electrons. The Bertz CT molecular complexity index is 691. The fraction of sp³-hybridized carbons (Fsp3) is 0.263. The highest BCUT2D eigenvalue weighted by Gasteiger charge is 2.10. The molecule has 2 aromatic rings. The summed E-state index contributed by atoms with van der Waals surface area (Å²) in [6.07, 6.45) is 2.42. The standard InChI is InChI=1S/C19H20O5/c1-3-4-6-14-9-11-15(12-10-14)18(20)23-16-7-5-8-17(13-16)24-19(21)22-2/h5,7-13H,3-4,6H2,1-2H3. The molecular formula is C19H20O5. The molecule has 2 aromatic carbocycles. The van der Waals surface area contributed by atoms with E-state index in [0.29, 0.717) is 5.56 Å². The first kappa shape index (κ1) is 17.5. The van der Waals surface area contributed by atoms with Gasteiger partial charge in [-0.05, 0) is 42.7 Å². The van der Waals surface area contributed by atoms with Crippen molar-refractivity contribution >= 4 is 12.1 Å². The van der Waals surface area contributed by atoms with Gasteiger partial charge in [-0.3, -0.25) is 0 Å². The Kier molecular flexibility index (Phi) is 6.37. The molecule has 0 spiro atoms. The van der Waals surface area contributed by atoms with E-state index in [1.807, 2.05) is 12.1 Å². The van der Waals surface area contributed by atoms with Crippen LogP contribution in [0.4, 0.5) is 4.79 Å². The maximum Gasteiger partial charge on any atom is 0.513 e. The summed E-state index contributed by atoms with van der Waals surface area (Å²) in [5, 5.41) is 0. The Morgan fingerprint density at radius 3 is 2.25 bits per heavy atom. The number of hydrogen-bond acceptors (Lipinski definition) is 5. The van der Waals surface area contributed by atoms with Gasteiger partial charge < -0.3 is 14.2 Å². The van der Waals surface area contributed by atoms with Gasteiger partial charge in [0, 0.05) is 6.07 Å². The van der Waals surface area contributed by atoms with Crippen LogP contribution in [0.3, 0.4) is 0 Å². The summed E-state index contributed by atoms with van der Waals surface area (Å²) in [6, 6.07) is 13.6. The third-order valence-electron chi connectivity index (χ3n) is 3.39. The first-order chi connectivity index (χ1) is 11.6. The van der Waals surface area contributed by atoms with Crippen molar-refractivity contribution in [1.29, 1.82) is 0 Å². The van der Waals surface area contributed by atoms with Crippen molar-refractivity contribution in [2.45, 2.75) is 26.2 Å². The molecule has 0 fully saturated rings. The van der Waals surface area contributed by atoms with Crippen LogP contribution < -0.4 is 9.47 Å². The number of esters is 1. The van der Waals surface area contributed by atoms with E-state index >= 15 is 0 Å². The zero-order valence-corrected chi connectivity index (χ0v) is 13.8. The minimum Gasteiger partial charge on any atom is -0.437 e. The van der Waals surface area contributed by atoms with Gasteiger partial charge in [0.1, 0.15) is 11.5 Å². The molecule has 0 heterocycles. The van der Waals surface area contributed by atoms with Crippen molar-refractivity contribution in [1.82, 2.24) is 0 Å². The van der Waals surface area contributed by atoms with Crippen molar-refractivity contribution in [3.8, 4) is 11.5 Å². The van der Waals surface area contributed by atoms with Gasteiger partial charge >= 0.3 is 12.1 Å². The molecule has 0 unspecified atom stereocenters. The highest BCUT2D eigenvalue weighted by Crippen LogP contribution is 2.21. The lowest BCUT2D eigenvalue weighted by Crippen LogP contribution is -2.10. The van der Waals surface area contributed by atoms with E-state index in [9.17, 15) is 9.59 Å². The summed E-state index contributed by atoms with van der Waals surface area (Å²) in [5.74, 6) is 0.0609. The van der Waals surface area contributed by atoms with Crippen LogP contribution in [-0.4, -0.2) is 19.2 Å². The number of rotatable bonds is 6. The van der Waals surface area contributed by atoms with Crippen molar-refractivity contribution in [3.05, 3.63) is 59.7 Å². The maximum absolute atomic E-state index is 12.2. The summed E-state index contributed by atoms with van der Waals surface area (Å²) in [4.78, 5) is 23.3. The molecule has 0 saturated heterocycles. The first-order valence-corrected chi connectivity index (χ1v) is 7.79. The van der Waals surface area contributed by atoms with Crippen LogP contribution in [0.5, 0.6) is 11.5 Å². The molecule has 2 rings (SSSR count). The van der Waals surface area contributed by atoms with Crippen LogP contribution in [-0.2, 0) is 11.2 Å². The molecule has 0 aliphatic heterocycles. The number of hydrogen-bond donors (Lipinski definition) is 0. The lowest BCUT2D eigenvalue weighted by molar-refractivity contribution is 0.0734. The number of unbranched alkanes of at least 4 members (excludes halogenated alkanes) is 1. The molecule has 0 N–H and O–H groups in total. The quantitative estimate of drug-likeness (QED) is 0.447. The third-order valence-corrected chi connectivity index (χ3v) is 3.39. The van der Waals surface area contributed by atoms with E-state index in [-0.39, 0.29) is 11.5 Å². The van der Waals surface area contributed by atoms with Crippen molar-refractivity contribution in [2.75, 3.05) is 7.11 Å². The largest absolute Gasteiger partial charge is 0.513 e. The van der Waals surface area contributed by atoms with Crippen molar-refractivity contribution < 1.29 is 23.8 Å². The van der Waals surface area contributed by atoms with Crippen molar-refractivity contribution in [2.24, 2.45) is 0 Å². The number of ether oxygens (including phenoxy) is 3. The molecule has 5 heteroatoms. The van der Waals surface area contributed by atoms with Crippen molar-refractivity contribution in [3.63, 3.8) is 0 Å². The fourth-order valence-corrected chi connectivity index (χ4v) is 2.09. The van der Waals surface area contributed by atoms with Gasteiger partial charge in [-0.25, -0.2) is 9.59 Å². The first-order valence-electron chi connectivity index (χ1n) is 7.79. The minimum atomic E-state index is -0.832. The Morgan fingerprint density at radius 2 is 1.62 bits per heavy atom. The molecule has 0 aliphatic carbocycles. The predicted octanol–water partition coefficient (Wildman–Crippen LogP) is 4.39. The Balaban J connectivity index is 2.01. The lowest BCUT2D eigenvalue weighted by Gasteiger charge is -2.07. The van der Waals surface area contributed by atoms with Crippen LogP contribution in [0.25, 0.3) is 0 Å². The molecule has 126 valence electrons. The van der Waals surface area contributed by atoms with Crippen LogP contribution in [0.15, 0.2) is 48.5 Å². The second-order valence-corrected chi connectivity index (χ2v) is 5.22. The normalized spacial score (nSPS) is 10.1. The minimum absolute atomic E-state index is 0.238. The number of methoxy groups -OCH3 is 1. The van der Waals surface area contributed by atoms with Gasteiger partial charge in [0.05, 0.1) is 12.7 Å². The predicted molar refractivity (Wildman–Crippen MR) is 89.5 cm³/mol. The lowest BCUT2D eigenvalue weighted by atomic mass is 10.1. The fourth-order valence-electron chi connectivity index (χ4n) is 2.09. The average Bonchev–Trinajstić information content (AvgIpc) is 2.60. The summed E-state index contributed by atoms with van der Waals surface area (Å²) in [7, 11) is 1.22. The van der Waals surface area contributed by atoms with Gasteiger partial charge in [-0.1, -0.05) is 31.5 Å². The molecule has 24 heavy (non-hydrogen) atoms. The van der Waals surface area contributed by atoms with Gasteiger partial charge in [0.25, 0.3) is 0 Å². The summed E-state index contributed by atoms with van der Waals surface area (Å²) in [5.41, 5.74) is 1.66. The number of aryl methyl sites for hydroxylation is 1. The van der Waals surface area contributed by atoms with Gasteiger partial charge in [0.15, 0.2) is 0 Å². The van der Waals surface area contributed by atoms with E-state index < -0.39 is 12.1 Å². The smallest absolute Gasteiger partial charge is 0.437 e. The topological polar surface area (TPSA) is 61.8 Å². The summed E-state index contributed by atoms with van der Waals surface area (Å²) < 4.78 is 14.6. The molecule has 0 saturated carbocycles. The van der Waals surface area contributed by atoms with Crippen LogP contribution in [0.1, 0.15) is 35.7 Å². The Morgan fingerprint density at radius 1 is 0.958 bits per heavy atom. The molecule has 0 aromatic heterocycles. The van der Waals surface area contributed by atoms with Crippen LogP contribution in [0.2, 0.25) is 0 Å². The Labute approximate surface area is 141 Å². The van der Waals surface area contributed by atoms with Gasteiger partial charge in [0.2, 0.25) is 0 Å². The zero-order chi connectivity index (χ0) is 17.4. The Hall–Kier alpha value is -2.82. The average molecular weight is 328 g/mol. The van der Waals surface area contributed by atoms with Crippen LogP contribution >= 0.6 is 0 Å². The third kappa shape index (κ3) is 5.12. The van der Waals surface area contributed by atoms with E-state index in [4.69, 9.17) is 9.47 Å². The van der Waals surface area contributed by atoms with E-state index in [1.54, 1.807) is 30.3 Å². The number of benzene rings is 2. The second-order valence-electron chi connectivity index (χ2n) is 5.22. The second kappa shape index (κ2) is 8.72. The summed E-state index contributed by atoms with van der Waals surface area (Å²) in [6.45, 7) is 2.14. The molecule has 0 atom stereocenters. The molecular weight excluding hydrogens is 308 g/mol. The molecule has 5 nitrogen and oxygen atoms in total. The van der Waals surface area contributed by atoms with E-state index in [2.05, 4.69) is 11.7 Å². The van der Waals surface area contributed by atoms with E-state index in [1.165, 1.54) is 18.7 Å². The molecule has 0 amide bonds. The SMILES string of the molecule is CCCCc1ccc(C(=O)Oc2cccc(OC(=O)OC)c2)cc1. The molecule has 0 aliphatic rings. The monoisotopic (exact) mass is 328 g/mol. The highest BCUT2D eigenvalue weighted by atomic mass is 16.7. The summed E-state index contributed by atoms with van der Waals surface area (Å²) >= 11 is 0. The maximum atomic E-state index is 12.2. The molecule has 0 bridgehead atoms. The number of carbonyl (C=O) groups excluding carboxylic acids is 2. The van der Waals surface area contributed by atoms with Gasteiger partial charge in [-0.2, -0.15) is 0 Å². The number of carbonyl (C=O) groups is 2. The highest BCUT2D eigenvalue weighted by molar-refractivity contribution is 5.91. The van der Waals surface area contributed by atoms with Crippen LogP contribution in [0, 0.1) is 0 Å². The zero-order valence-electron chi connectivity index (χ0n) is 13.8. The van der Waals surface area contributed by atoms with Gasteiger partial charge in [-0.15, -0.1) is 0 Å². The van der Waals surface area contributed by atoms with E-state index in [0.717, 1.165) is 19.3 Å².